The summed E-state index contributed by atoms with van der Waals surface area (Å²) in [6.07, 6.45) is 0. The maximum absolute atomic E-state index is 9.75. The molecule has 1 radical (unpaired) electrons. The molecule has 0 bridgehead atoms. The van der Waals surface area contributed by atoms with Gasteiger partial charge >= 0.3 is 7.25 Å². The second-order valence-electron chi connectivity index (χ2n) is 13.5. The van der Waals surface area contributed by atoms with Crippen LogP contribution in [0.3, 0.4) is 0 Å². The fourth-order valence-corrected chi connectivity index (χ4v) is 13.2. The van der Waals surface area contributed by atoms with Crippen LogP contribution in [0.1, 0.15) is 83.1 Å². The van der Waals surface area contributed by atoms with Crippen LogP contribution in [0.2, 0.25) is 0 Å². The molecular weight excluding hydrogens is 852 g/mol. The molecule has 1 aromatic heterocycles. The topological polar surface area (TPSA) is 108 Å². The molecule has 0 aliphatic heterocycles. The predicted octanol–water partition coefficient (Wildman–Crippen LogP) is 13.6. The molecule has 0 N–H and O–H groups in total. The molecule has 5 aromatic rings. The zero-order valence-electron chi connectivity index (χ0n) is 35.0. The fraction of sp³-hybridized carbons (Fsp3) is 0.364. The van der Waals surface area contributed by atoms with Crippen LogP contribution in [0.15, 0.2) is 89.3 Å². The van der Waals surface area contributed by atoms with Gasteiger partial charge in [0.05, 0.1) is 57.5 Å². The summed E-state index contributed by atoms with van der Waals surface area (Å²) >= 11 is 0. The summed E-state index contributed by atoms with van der Waals surface area (Å²) in [6, 6.07) is 38.8. The quantitative estimate of drug-likeness (QED) is 0.0875. The van der Waals surface area contributed by atoms with Gasteiger partial charge in [0.1, 0.15) is 11.2 Å². The van der Waals surface area contributed by atoms with E-state index in [9.17, 15) is 17.3 Å². The summed E-state index contributed by atoms with van der Waals surface area (Å²) in [4.78, 5) is 0. The Kier molecular flexibility index (Phi) is 27.3. The Labute approximate surface area is 353 Å². The van der Waals surface area contributed by atoms with E-state index in [0.717, 1.165) is 11.2 Å². The van der Waals surface area contributed by atoms with E-state index in [2.05, 4.69) is 140 Å². The Morgan fingerprint density at radius 1 is 0.491 bits per heavy atom. The van der Waals surface area contributed by atoms with E-state index in [1.54, 1.807) is 24.3 Å². The van der Waals surface area contributed by atoms with Gasteiger partial charge in [0.15, 0.2) is 0 Å². The number of furan rings is 1. The second kappa shape index (κ2) is 28.3. The van der Waals surface area contributed by atoms with Gasteiger partial charge in [-0.25, -0.2) is 0 Å². The van der Waals surface area contributed by atoms with E-state index in [4.69, 9.17) is 25.5 Å². The van der Waals surface area contributed by atoms with Crippen molar-refractivity contribution in [1.29, 1.82) is 21.0 Å². The Morgan fingerprint density at radius 3 is 0.982 bits per heavy atom. The molecule has 0 atom stereocenters. The molecule has 0 unspecified atom stereocenters. The second-order valence-corrected chi connectivity index (χ2v) is 21.1. The molecule has 0 saturated heterocycles. The number of hydrogen-bond acceptors (Lipinski definition) is 5. The first-order chi connectivity index (χ1) is 26.3. The molecule has 5 rings (SSSR count). The number of nitrogens with zero attached hydrogens (tertiary/aromatic N) is 4. The zero-order valence-corrected chi connectivity index (χ0v) is 38.7. The van der Waals surface area contributed by atoms with Crippen molar-refractivity contribution in [3.05, 3.63) is 84.9 Å². The Balaban J connectivity index is 0. The van der Waals surface area contributed by atoms with E-state index in [-0.39, 0.29) is 19.5 Å². The number of nitriles is 4. The van der Waals surface area contributed by atoms with E-state index in [1.165, 1.54) is 71.3 Å². The van der Waals surface area contributed by atoms with Crippen LogP contribution >= 0.6 is 15.8 Å². The first kappa shape index (κ1) is 55.0. The minimum Gasteiger partial charge on any atom is -0.455 e. The van der Waals surface area contributed by atoms with Gasteiger partial charge in [-0.1, -0.05) is 60.7 Å². The van der Waals surface area contributed by atoms with E-state index in [0.29, 0.717) is 22.6 Å². The minimum absolute atomic E-state index is 0. The van der Waals surface area contributed by atoms with Crippen molar-refractivity contribution in [2.75, 3.05) is 0 Å². The maximum atomic E-state index is 9.75. The Bertz CT molecular complexity index is 1920. The van der Waals surface area contributed by atoms with Gasteiger partial charge in [0.2, 0.25) is 0 Å². The average Bonchev–Trinajstić information content (AvgIpc) is 3.48. The Morgan fingerprint density at radius 2 is 0.737 bits per heavy atom. The molecule has 0 fully saturated rings. The van der Waals surface area contributed by atoms with Crippen molar-refractivity contribution in [3.8, 4) is 46.5 Å². The molecule has 1 heterocycles. The van der Waals surface area contributed by atoms with Crippen molar-refractivity contribution in [1.82, 2.24) is 0 Å². The predicted molar refractivity (Wildman–Crippen MR) is 236 cm³/mol. The molecule has 0 spiro atoms. The van der Waals surface area contributed by atoms with Gasteiger partial charge in [0.25, 0.3) is 0 Å². The van der Waals surface area contributed by atoms with Crippen LogP contribution in [-0.4, -0.2) is 29.9 Å². The monoisotopic (exact) mass is 908 g/mol. The number of para-hydroxylation sites is 2. The first-order valence-corrected chi connectivity index (χ1v) is 21.6. The summed E-state index contributed by atoms with van der Waals surface area (Å²) < 4.78 is 45.8. The van der Waals surface area contributed by atoms with Crippen molar-refractivity contribution < 1.29 is 41.2 Å². The van der Waals surface area contributed by atoms with E-state index >= 15 is 0 Å². The summed E-state index contributed by atoms with van der Waals surface area (Å²) in [6.45, 7) is 24.8. The van der Waals surface area contributed by atoms with Gasteiger partial charge in [0, 0.05) is 84.9 Å². The molecule has 57 heavy (non-hydrogen) atoms. The van der Waals surface area contributed by atoms with Gasteiger partial charge in [-0.2, -0.15) is 21.0 Å². The standard InChI is InChI=1S/C36H42OP2.4C2H3N.BF4.Rh/c1-23(2)38(24(3)4)29-15-9-13-27(21-29)31-17-11-19-33-34-20-12-18-32(36(34)37-35(31)33)28-14-10-16-30(22-28)39(25(5)6)26(7)8;4*1-2-3;2-1(3,4)5;/h9-26H,1-8H3;4*1H3;;/q;;;;;-1;/p+2. The van der Waals surface area contributed by atoms with Crippen LogP contribution < -0.4 is 10.6 Å². The summed E-state index contributed by atoms with van der Waals surface area (Å²) in [5, 5.41) is 34.7. The van der Waals surface area contributed by atoms with Crippen LogP contribution in [-0.2, 0) is 19.5 Å². The molecule has 0 amide bonds. The molecule has 4 aromatic carbocycles. The number of hydrogen-bond donors (Lipinski definition) is 0. The van der Waals surface area contributed by atoms with E-state index < -0.39 is 23.1 Å². The largest absolute Gasteiger partial charge is 0.673 e. The number of fused-ring (bicyclic) bond motifs is 3. The number of halogens is 4. The van der Waals surface area contributed by atoms with Crippen LogP contribution in [0, 0.1) is 45.3 Å². The van der Waals surface area contributed by atoms with Gasteiger partial charge in [-0.3, -0.25) is 0 Å². The van der Waals surface area contributed by atoms with Crippen LogP contribution in [0.25, 0.3) is 44.2 Å². The number of rotatable bonds is 8. The molecule has 0 aliphatic rings. The van der Waals surface area contributed by atoms with Crippen molar-refractivity contribution in [2.24, 2.45) is 0 Å². The zero-order chi connectivity index (χ0) is 43.2. The fourth-order valence-electron chi connectivity index (χ4n) is 6.67. The van der Waals surface area contributed by atoms with Gasteiger partial charge in [-0.15, -0.1) is 0 Å². The van der Waals surface area contributed by atoms with Crippen molar-refractivity contribution >= 4 is 55.6 Å². The van der Waals surface area contributed by atoms with E-state index in [1.807, 2.05) is 0 Å². The van der Waals surface area contributed by atoms with Crippen LogP contribution in [0.4, 0.5) is 17.3 Å². The Hall–Kier alpha value is -4.09. The maximum Gasteiger partial charge on any atom is 0.673 e. The third-order valence-corrected chi connectivity index (χ3v) is 15.0. The molecule has 307 valence electrons. The summed E-state index contributed by atoms with van der Waals surface area (Å²) in [7, 11) is -7.31. The summed E-state index contributed by atoms with van der Waals surface area (Å²) in [5.41, 5.74) is 9.63. The minimum atomic E-state index is -6.00. The van der Waals surface area contributed by atoms with Crippen molar-refractivity contribution in [3.63, 3.8) is 0 Å². The smallest absolute Gasteiger partial charge is 0.455 e. The first-order valence-electron chi connectivity index (χ1n) is 18.3. The van der Waals surface area contributed by atoms with Gasteiger partial charge < -0.3 is 21.7 Å². The normalized spacial score (nSPS) is 10.1. The van der Waals surface area contributed by atoms with Crippen LogP contribution in [0.5, 0.6) is 0 Å². The SMILES string of the molecule is CC#N.CC#N.CC#N.CC#N.CC(C)[PH+](c1cccc(-c2cccc3c2oc2c(-c4cccc([PH+](C(C)C)C(C)C)c4)cccc23)c1)C(C)C.F[B-](F)(F)F.[Rh]. The molecule has 5 nitrogen and oxygen atoms in total. The molecule has 13 heteroatoms. The molecule has 0 saturated carbocycles. The van der Waals surface area contributed by atoms with Gasteiger partial charge in [-0.05, 0) is 90.8 Å². The summed E-state index contributed by atoms with van der Waals surface area (Å²) in [5.74, 6) is 0. The third-order valence-electron chi connectivity index (χ3n) is 8.03. The average molecular weight is 909 g/mol. The van der Waals surface area contributed by atoms with Crippen molar-refractivity contribution in [2.45, 2.75) is 106 Å². The number of benzene rings is 4. The third kappa shape index (κ3) is 18.4. The molecule has 0 aliphatic carbocycles. The molecular formula is C44H56BF4N4OP2Rh+.